The van der Waals surface area contributed by atoms with Crippen LogP contribution in [0.4, 0.5) is 0 Å². The maximum Gasteiger partial charge on any atom is 0.584 e. The molecule has 0 amide bonds. The van der Waals surface area contributed by atoms with Crippen LogP contribution in [-0.2, 0) is 4.57 Å². The minimum atomic E-state index is -4.32. The van der Waals surface area contributed by atoms with Gasteiger partial charge in [-0.3, -0.25) is 4.89 Å². The molecule has 4 rings (SSSR count). The number of hydrogen-bond acceptors (Lipinski definition) is 3. The van der Waals surface area contributed by atoms with Gasteiger partial charge in [-0.25, -0.2) is 4.57 Å². The largest absolute Gasteiger partial charge is 0.584 e. The normalized spacial score (nSPS) is 14.5. The molecule has 3 aromatic carbocycles. The minimum absolute atomic E-state index is 0.323. The van der Waals surface area contributed by atoms with E-state index in [0.717, 1.165) is 33.4 Å². The van der Waals surface area contributed by atoms with Crippen LogP contribution in [-0.4, -0.2) is 4.89 Å². The van der Waals surface area contributed by atoms with Gasteiger partial charge in [-0.05, 0) is 55.3 Å². The van der Waals surface area contributed by atoms with Gasteiger partial charge in [0.15, 0.2) is 0 Å². The lowest BCUT2D eigenvalue weighted by Gasteiger charge is -2.21. The highest BCUT2D eigenvalue weighted by Crippen LogP contribution is 2.50. The Morgan fingerprint density at radius 3 is 1.72 bits per heavy atom. The number of phosphoric acid groups is 1. The highest BCUT2D eigenvalue weighted by Gasteiger charge is 2.29. The quantitative estimate of drug-likeness (QED) is 0.542. The average molecular weight is 352 g/mol. The van der Waals surface area contributed by atoms with E-state index in [4.69, 9.17) is 9.05 Å². The second-order valence-electron chi connectivity index (χ2n) is 6.23. The second-order valence-corrected chi connectivity index (χ2v) is 7.53. The summed E-state index contributed by atoms with van der Waals surface area (Å²) in [6.45, 7) is 3.94. The van der Waals surface area contributed by atoms with Crippen LogP contribution in [0.1, 0.15) is 11.1 Å². The van der Waals surface area contributed by atoms with Crippen molar-refractivity contribution in [1.29, 1.82) is 0 Å². The van der Waals surface area contributed by atoms with E-state index < -0.39 is 7.82 Å². The molecule has 0 aromatic heterocycles. The topological polar surface area (TPSA) is 55.8 Å². The summed E-state index contributed by atoms with van der Waals surface area (Å²) in [5.41, 5.74) is 5.44. The summed E-state index contributed by atoms with van der Waals surface area (Å²) in [7, 11) is -4.32. The molecular formula is C20H17O4P. The van der Waals surface area contributed by atoms with Gasteiger partial charge >= 0.3 is 7.82 Å². The summed E-state index contributed by atoms with van der Waals surface area (Å²) in [4.78, 5) is 10.2. The molecule has 0 unspecified atom stereocenters. The molecule has 3 aromatic rings. The second kappa shape index (κ2) is 5.76. The van der Waals surface area contributed by atoms with Crippen LogP contribution in [0.2, 0.25) is 0 Å². The summed E-state index contributed by atoms with van der Waals surface area (Å²) >= 11 is 0. The molecule has 5 heteroatoms. The van der Waals surface area contributed by atoms with Crippen molar-refractivity contribution in [3.05, 3.63) is 71.8 Å². The predicted molar refractivity (Wildman–Crippen MR) is 97.9 cm³/mol. The smallest absolute Gasteiger partial charge is 0.395 e. The van der Waals surface area contributed by atoms with Gasteiger partial charge in [0.05, 0.1) is 0 Å². The fourth-order valence-electron chi connectivity index (χ4n) is 3.02. The molecule has 0 atom stereocenters. The third kappa shape index (κ3) is 3.07. The molecule has 126 valence electrons. The molecule has 4 nitrogen and oxygen atoms in total. The van der Waals surface area contributed by atoms with Crippen molar-refractivity contribution in [2.75, 3.05) is 0 Å². The Bertz CT molecular complexity index is 951. The maximum atomic E-state index is 12.5. The Morgan fingerprint density at radius 2 is 1.24 bits per heavy atom. The van der Waals surface area contributed by atoms with E-state index in [0.29, 0.717) is 11.5 Å². The molecule has 0 radical (unpaired) electrons. The Morgan fingerprint density at radius 1 is 0.760 bits per heavy atom. The van der Waals surface area contributed by atoms with Crippen molar-refractivity contribution in [1.82, 2.24) is 0 Å². The lowest BCUT2D eigenvalue weighted by Crippen LogP contribution is -2.03. The van der Waals surface area contributed by atoms with Crippen LogP contribution in [0.3, 0.4) is 0 Å². The van der Waals surface area contributed by atoms with Crippen LogP contribution in [0, 0.1) is 13.8 Å². The van der Waals surface area contributed by atoms with Crippen molar-refractivity contribution in [3.63, 3.8) is 0 Å². The lowest BCUT2D eigenvalue weighted by atomic mass is 9.96. The van der Waals surface area contributed by atoms with E-state index in [1.165, 1.54) is 0 Å². The van der Waals surface area contributed by atoms with Crippen LogP contribution in [0.25, 0.3) is 22.3 Å². The summed E-state index contributed by atoms with van der Waals surface area (Å²) in [5, 5.41) is 0. The molecule has 2 bridgehead atoms. The average Bonchev–Trinajstić information content (AvgIpc) is 2.57. The van der Waals surface area contributed by atoms with E-state index >= 15 is 0 Å². The summed E-state index contributed by atoms with van der Waals surface area (Å²) in [6.07, 6.45) is 0. The first-order valence-corrected chi connectivity index (χ1v) is 9.45. The molecule has 0 spiro atoms. The van der Waals surface area contributed by atoms with Crippen molar-refractivity contribution < 1.29 is 18.5 Å². The number of aryl methyl sites for hydroxylation is 2. The highest BCUT2D eigenvalue weighted by molar-refractivity contribution is 7.48. The Balaban J connectivity index is 2.04. The van der Waals surface area contributed by atoms with Crippen LogP contribution in [0.15, 0.2) is 60.7 Å². The van der Waals surface area contributed by atoms with Gasteiger partial charge in [-0.2, -0.15) is 0 Å². The molecule has 1 aliphatic heterocycles. The molecule has 1 heterocycles. The lowest BCUT2D eigenvalue weighted by molar-refractivity contribution is 0.291. The summed E-state index contributed by atoms with van der Waals surface area (Å²) < 4.78 is 23.3. The van der Waals surface area contributed by atoms with Crippen LogP contribution in [0.5, 0.6) is 11.5 Å². The minimum Gasteiger partial charge on any atom is -0.395 e. The standard InChI is InChI=1S/C20H17O4P/c1-13-6-8-19-17(10-13)15-4-3-5-16(12-15)18-11-14(2)7-9-20(18)24-25(21,22)23-19/h3-12H,1-2H3,(H,21,22). The first-order valence-electron chi connectivity index (χ1n) is 7.95. The molecule has 0 aliphatic carbocycles. The van der Waals surface area contributed by atoms with Crippen molar-refractivity contribution >= 4 is 7.82 Å². The Hall–Kier alpha value is -2.55. The molecule has 0 fully saturated rings. The van der Waals surface area contributed by atoms with Gasteiger partial charge in [0, 0.05) is 11.1 Å². The molecule has 0 saturated carbocycles. The van der Waals surface area contributed by atoms with Gasteiger partial charge in [-0.1, -0.05) is 41.5 Å². The van der Waals surface area contributed by atoms with E-state index in [-0.39, 0.29) is 0 Å². The summed E-state index contributed by atoms with van der Waals surface area (Å²) in [5.74, 6) is 0.647. The van der Waals surface area contributed by atoms with Crippen molar-refractivity contribution in [2.45, 2.75) is 13.8 Å². The molecule has 0 saturated heterocycles. The van der Waals surface area contributed by atoms with Crippen molar-refractivity contribution in [2.24, 2.45) is 0 Å². The zero-order valence-electron chi connectivity index (χ0n) is 13.9. The molecule has 1 N–H and O–H groups in total. The van der Waals surface area contributed by atoms with E-state index in [1.54, 1.807) is 12.1 Å². The zero-order valence-corrected chi connectivity index (χ0v) is 14.8. The zero-order chi connectivity index (χ0) is 17.6. The van der Waals surface area contributed by atoms with E-state index in [2.05, 4.69) is 0 Å². The summed E-state index contributed by atoms with van der Waals surface area (Å²) in [6, 6.07) is 18.9. The van der Waals surface area contributed by atoms with Gasteiger partial charge in [0.25, 0.3) is 0 Å². The Kier molecular flexibility index (Phi) is 3.68. The number of hydrogen-bond donors (Lipinski definition) is 1. The molecule has 25 heavy (non-hydrogen) atoms. The predicted octanol–water partition coefficient (Wildman–Crippen LogP) is 5.51. The van der Waals surface area contributed by atoms with Gasteiger partial charge in [-0.15, -0.1) is 0 Å². The van der Waals surface area contributed by atoms with Gasteiger partial charge < -0.3 is 9.05 Å². The first kappa shape index (κ1) is 15.9. The number of benzene rings is 3. The fraction of sp³-hybridized carbons (Fsp3) is 0.100. The van der Waals surface area contributed by atoms with Gasteiger partial charge in [0.1, 0.15) is 11.5 Å². The first-order chi connectivity index (χ1) is 11.9. The number of fused-ring (bicyclic) bond motifs is 6. The number of phosphoric ester groups is 1. The number of rotatable bonds is 0. The van der Waals surface area contributed by atoms with Crippen LogP contribution < -0.4 is 9.05 Å². The highest BCUT2D eigenvalue weighted by atomic mass is 31.2. The third-order valence-corrected chi connectivity index (χ3v) is 5.04. The van der Waals surface area contributed by atoms with E-state index in [9.17, 15) is 9.46 Å². The van der Waals surface area contributed by atoms with Gasteiger partial charge in [0.2, 0.25) is 0 Å². The van der Waals surface area contributed by atoms with E-state index in [1.807, 2.05) is 62.4 Å². The fourth-order valence-corrected chi connectivity index (χ4v) is 3.87. The molecule has 1 aliphatic rings. The molecular weight excluding hydrogens is 335 g/mol. The van der Waals surface area contributed by atoms with Crippen LogP contribution >= 0.6 is 7.82 Å². The SMILES string of the molecule is Cc1ccc2c(c1)-c1cccc(c1)-c1cc(C)ccc1OP(=O)(O)O2. The third-order valence-electron chi connectivity index (χ3n) is 4.18. The van der Waals surface area contributed by atoms with Crippen molar-refractivity contribution in [3.8, 4) is 33.8 Å². The maximum absolute atomic E-state index is 12.5. The monoisotopic (exact) mass is 352 g/mol. The Labute approximate surface area is 146 Å².